The quantitative estimate of drug-likeness (QED) is 0.513. The van der Waals surface area contributed by atoms with Gasteiger partial charge in [-0.05, 0) is 37.4 Å². The average molecular weight is 328 g/mol. The molecule has 118 valence electrons. The molecule has 0 atom stereocenters. The predicted molar refractivity (Wildman–Crippen MR) is 89.0 cm³/mol. The molecule has 2 aromatic heterocycles. The molecule has 7 heteroatoms. The Bertz CT molecular complexity index is 796. The number of aryl methyl sites for hydroxylation is 1. The smallest absolute Gasteiger partial charge is 0.211 e. The number of aromatic nitrogens is 3. The summed E-state index contributed by atoms with van der Waals surface area (Å²) >= 11 is 1.47. The molecule has 23 heavy (non-hydrogen) atoms. The van der Waals surface area contributed by atoms with E-state index in [1.54, 1.807) is 10.9 Å². The van der Waals surface area contributed by atoms with E-state index in [0.29, 0.717) is 16.7 Å². The SMILES string of the molecule is CSc1nnc(COc2ccccc2)n1/N=C\c1ccc(C)o1. The van der Waals surface area contributed by atoms with Crippen molar-refractivity contribution in [2.75, 3.05) is 6.26 Å². The van der Waals surface area contributed by atoms with Crippen LogP contribution in [-0.4, -0.2) is 27.3 Å². The van der Waals surface area contributed by atoms with Gasteiger partial charge in [0.05, 0.1) is 6.21 Å². The zero-order valence-electron chi connectivity index (χ0n) is 12.8. The molecule has 0 bridgehead atoms. The first-order valence-electron chi connectivity index (χ1n) is 7.03. The number of hydrogen-bond donors (Lipinski definition) is 0. The van der Waals surface area contributed by atoms with Crippen LogP contribution < -0.4 is 4.74 Å². The number of benzene rings is 1. The molecule has 2 heterocycles. The molecule has 0 aliphatic heterocycles. The molecule has 3 aromatic rings. The van der Waals surface area contributed by atoms with Crippen molar-refractivity contribution in [1.29, 1.82) is 0 Å². The van der Waals surface area contributed by atoms with Gasteiger partial charge in [-0.15, -0.1) is 10.2 Å². The Morgan fingerprint density at radius 2 is 2.04 bits per heavy atom. The van der Waals surface area contributed by atoms with Crippen molar-refractivity contribution in [2.24, 2.45) is 5.10 Å². The maximum absolute atomic E-state index is 5.72. The molecule has 0 unspecified atom stereocenters. The Labute approximate surface area is 138 Å². The lowest BCUT2D eigenvalue weighted by molar-refractivity contribution is 0.290. The first-order chi connectivity index (χ1) is 11.3. The van der Waals surface area contributed by atoms with Gasteiger partial charge < -0.3 is 9.15 Å². The Kier molecular flexibility index (Phi) is 4.77. The van der Waals surface area contributed by atoms with E-state index in [9.17, 15) is 0 Å². The van der Waals surface area contributed by atoms with Crippen molar-refractivity contribution >= 4 is 18.0 Å². The van der Waals surface area contributed by atoms with Crippen molar-refractivity contribution in [3.8, 4) is 5.75 Å². The maximum atomic E-state index is 5.72. The molecule has 0 saturated carbocycles. The van der Waals surface area contributed by atoms with E-state index in [4.69, 9.17) is 9.15 Å². The van der Waals surface area contributed by atoms with Crippen LogP contribution in [0.15, 0.2) is 57.1 Å². The van der Waals surface area contributed by atoms with Crippen LogP contribution >= 0.6 is 11.8 Å². The monoisotopic (exact) mass is 328 g/mol. The van der Waals surface area contributed by atoms with Crippen LogP contribution in [0.25, 0.3) is 0 Å². The van der Waals surface area contributed by atoms with Crippen LogP contribution in [0.1, 0.15) is 17.3 Å². The fraction of sp³-hybridized carbons (Fsp3) is 0.188. The van der Waals surface area contributed by atoms with Crippen LogP contribution in [-0.2, 0) is 6.61 Å². The van der Waals surface area contributed by atoms with Gasteiger partial charge in [-0.3, -0.25) is 0 Å². The van der Waals surface area contributed by atoms with Crippen molar-refractivity contribution in [3.63, 3.8) is 0 Å². The van der Waals surface area contributed by atoms with Crippen LogP contribution in [0, 0.1) is 6.92 Å². The van der Waals surface area contributed by atoms with Gasteiger partial charge in [0.2, 0.25) is 5.16 Å². The molecule has 0 radical (unpaired) electrons. The summed E-state index contributed by atoms with van der Waals surface area (Å²) in [5.74, 6) is 2.92. The zero-order chi connectivity index (χ0) is 16.1. The number of furan rings is 1. The minimum absolute atomic E-state index is 0.284. The molecule has 0 N–H and O–H groups in total. The third-order valence-corrected chi connectivity index (χ3v) is 3.65. The van der Waals surface area contributed by atoms with E-state index in [1.165, 1.54) is 11.8 Å². The van der Waals surface area contributed by atoms with Gasteiger partial charge in [0.15, 0.2) is 5.82 Å². The molecule has 0 amide bonds. The first-order valence-corrected chi connectivity index (χ1v) is 8.25. The minimum Gasteiger partial charge on any atom is -0.486 e. The number of nitrogens with zero attached hydrogens (tertiary/aromatic N) is 4. The van der Waals surface area contributed by atoms with Crippen LogP contribution in [0.2, 0.25) is 0 Å². The number of rotatable bonds is 6. The van der Waals surface area contributed by atoms with Crippen LogP contribution in [0.3, 0.4) is 0 Å². The Balaban J connectivity index is 1.78. The molecular formula is C16H16N4O2S. The van der Waals surface area contributed by atoms with Gasteiger partial charge in [0.1, 0.15) is 23.9 Å². The second kappa shape index (κ2) is 7.15. The van der Waals surface area contributed by atoms with E-state index in [2.05, 4.69) is 15.3 Å². The molecule has 0 saturated heterocycles. The second-order valence-electron chi connectivity index (χ2n) is 4.71. The molecule has 3 rings (SSSR count). The van der Waals surface area contributed by atoms with Crippen LogP contribution in [0.5, 0.6) is 5.75 Å². The summed E-state index contributed by atoms with van der Waals surface area (Å²) in [6, 6.07) is 13.3. The van der Waals surface area contributed by atoms with E-state index in [-0.39, 0.29) is 6.61 Å². The lowest BCUT2D eigenvalue weighted by atomic mass is 10.3. The summed E-state index contributed by atoms with van der Waals surface area (Å²) in [5, 5.41) is 13.4. The number of ether oxygens (including phenoxy) is 1. The molecular weight excluding hydrogens is 312 g/mol. The number of para-hydroxylation sites is 1. The minimum atomic E-state index is 0.284. The summed E-state index contributed by atoms with van der Waals surface area (Å²) in [5.41, 5.74) is 0. The summed E-state index contributed by atoms with van der Waals surface area (Å²) < 4.78 is 12.9. The molecule has 0 aliphatic carbocycles. The first kappa shape index (κ1) is 15.4. The second-order valence-corrected chi connectivity index (χ2v) is 5.48. The summed E-state index contributed by atoms with van der Waals surface area (Å²) in [6.07, 6.45) is 3.57. The molecule has 0 aliphatic rings. The standard InChI is InChI=1S/C16H16N4O2S/c1-12-8-9-14(22-12)10-17-20-15(18-19-16(20)23-2)11-21-13-6-4-3-5-7-13/h3-10H,11H2,1-2H3/b17-10-. The van der Waals surface area contributed by atoms with Gasteiger partial charge >= 0.3 is 0 Å². The van der Waals surface area contributed by atoms with Crippen molar-refractivity contribution < 1.29 is 9.15 Å². The lowest BCUT2D eigenvalue weighted by Gasteiger charge is -2.05. The number of hydrogen-bond acceptors (Lipinski definition) is 6. The highest BCUT2D eigenvalue weighted by Crippen LogP contribution is 2.16. The van der Waals surface area contributed by atoms with E-state index < -0.39 is 0 Å². The topological polar surface area (TPSA) is 65.4 Å². The van der Waals surface area contributed by atoms with E-state index in [0.717, 1.165) is 11.5 Å². The van der Waals surface area contributed by atoms with Gasteiger partial charge in [-0.1, -0.05) is 30.0 Å². The number of thioether (sulfide) groups is 1. The Hall–Kier alpha value is -2.54. The van der Waals surface area contributed by atoms with Gasteiger partial charge in [-0.25, -0.2) is 0 Å². The van der Waals surface area contributed by atoms with Crippen molar-refractivity contribution in [1.82, 2.24) is 14.9 Å². The molecule has 1 aromatic carbocycles. The normalized spacial score (nSPS) is 11.2. The Morgan fingerprint density at radius 3 is 2.74 bits per heavy atom. The fourth-order valence-electron chi connectivity index (χ4n) is 1.93. The Morgan fingerprint density at radius 1 is 1.22 bits per heavy atom. The highest BCUT2D eigenvalue weighted by molar-refractivity contribution is 7.98. The van der Waals surface area contributed by atoms with Crippen LogP contribution in [0.4, 0.5) is 0 Å². The predicted octanol–water partition coefficient (Wildman–Crippen LogP) is 3.36. The van der Waals surface area contributed by atoms with Gasteiger partial charge in [0.25, 0.3) is 0 Å². The zero-order valence-corrected chi connectivity index (χ0v) is 13.7. The van der Waals surface area contributed by atoms with E-state index >= 15 is 0 Å². The lowest BCUT2D eigenvalue weighted by Crippen LogP contribution is -2.04. The van der Waals surface area contributed by atoms with Gasteiger partial charge in [0, 0.05) is 0 Å². The fourth-order valence-corrected chi connectivity index (χ4v) is 2.38. The van der Waals surface area contributed by atoms with Gasteiger partial charge in [-0.2, -0.15) is 9.78 Å². The highest BCUT2D eigenvalue weighted by Gasteiger charge is 2.11. The maximum Gasteiger partial charge on any atom is 0.211 e. The summed E-state index contributed by atoms with van der Waals surface area (Å²) in [7, 11) is 0. The third kappa shape index (κ3) is 3.81. The largest absolute Gasteiger partial charge is 0.486 e. The third-order valence-electron chi connectivity index (χ3n) is 3.03. The summed E-state index contributed by atoms with van der Waals surface area (Å²) in [4.78, 5) is 0. The molecule has 0 fully saturated rings. The van der Waals surface area contributed by atoms with E-state index in [1.807, 2.05) is 55.6 Å². The summed E-state index contributed by atoms with van der Waals surface area (Å²) in [6.45, 7) is 2.18. The average Bonchev–Trinajstić information content (AvgIpc) is 3.17. The highest BCUT2D eigenvalue weighted by atomic mass is 32.2. The molecule has 0 spiro atoms. The molecule has 6 nitrogen and oxygen atoms in total. The van der Waals surface area contributed by atoms with Crippen molar-refractivity contribution in [3.05, 3.63) is 59.8 Å². The van der Waals surface area contributed by atoms with Crippen molar-refractivity contribution in [2.45, 2.75) is 18.7 Å².